The van der Waals surface area contributed by atoms with Crippen LogP contribution in [0.3, 0.4) is 0 Å². The molecule has 0 radical (unpaired) electrons. The van der Waals surface area contributed by atoms with Gasteiger partial charge in [0.05, 0.1) is 0 Å². The lowest BCUT2D eigenvalue weighted by Gasteiger charge is -2.28. The molecule has 4 heteroatoms. The maximum Gasteiger partial charge on any atom is 0.232 e. The summed E-state index contributed by atoms with van der Waals surface area (Å²) in [5, 5.41) is 2.84. The first-order valence-electron chi connectivity index (χ1n) is 8.29. The first-order chi connectivity index (χ1) is 11.6. The van der Waals surface area contributed by atoms with E-state index in [0.29, 0.717) is 19.6 Å². The second kappa shape index (κ2) is 7.30. The second-order valence-corrected chi connectivity index (χ2v) is 6.21. The minimum atomic E-state index is -0.220. The maximum absolute atomic E-state index is 12.4. The molecule has 0 spiro atoms. The van der Waals surface area contributed by atoms with E-state index in [1.54, 1.807) is 4.90 Å². The fourth-order valence-corrected chi connectivity index (χ4v) is 3.02. The summed E-state index contributed by atoms with van der Waals surface area (Å²) in [6, 6.07) is 16.1. The van der Waals surface area contributed by atoms with Crippen LogP contribution in [0.4, 0.5) is 0 Å². The van der Waals surface area contributed by atoms with Gasteiger partial charge < -0.3 is 10.2 Å². The van der Waals surface area contributed by atoms with Crippen LogP contribution in [0.25, 0.3) is 0 Å². The molecule has 0 aliphatic carbocycles. The molecule has 1 N–H and O–H groups in total. The molecule has 2 amide bonds. The minimum absolute atomic E-state index is 0.0892. The highest BCUT2D eigenvalue weighted by atomic mass is 16.2. The zero-order chi connectivity index (χ0) is 16.9. The summed E-state index contributed by atoms with van der Waals surface area (Å²) < 4.78 is 0. The summed E-state index contributed by atoms with van der Waals surface area (Å²) in [6.45, 7) is 3.75. The highest BCUT2D eigenvalue weighted by molar-refractivity contribution is 5.96. The van der Waals surface area contributed by atoms with Gasteiger partial charge in [-0.1, -0.05) is 48.5 Å². The van der Waals surface area contributed by atoms with E-state index < -0.39 is 0 Å². The monoisotopic (exact) mass is 322 g/mol. The van der Waals surface area contributed by atoms with E-state index in [4.69, 9.17) is 0 Å². The number of carbonyl (C=O) groups excluding carboxylic acids is 2. The van der Waals surface area contributed by atoms with Crippen LogP contribution in [-0.2, 0) is 29.1 Å². The smallest absolute Gasteiger partial charge is 0.232 e. The van der Waals surface area contributed by atoms with Crippen molar-refractivity contribution in [2.45, 2.75) is 32.9 Å². The van der Waals surface area contributed by atoms with E-state index in [2.05, 4.69) is 11.4 Å². The zero-order valence-corrected chi connectivity index (χ0v) is 13.9. The van der Waals surface area contributed by atoms with E-state index >= 15 is 0 Å². The number of carbonyl (C=O) groups is 2. The average molecular weight is 322 g/mol. The molecule has 1 aliphatic heterocycles. The van der Waals surface area contributed by atoms with E-state index in [1.807, 2.05) is 49.4 Å². The number of amides is 2. The quantitative estimate of drug-likeness (QED) is 0.880. The Morgan fingerprint density at radius 3 is 2.54 bits per heavy atom. The fourth-order valence-electron chi connectivity index (χ4n) is 3.02. The van der Waals surface area contributed by atoms with Gasteiger partial charge in [0.2, 0.25) is 11.8 Å². The lowest BCUT2D eigenvalue weighted by Crippen LogP contribution is -2.38. The summed E-state index contributed by atoms with van der Waals surface area (Å²) >= 11 is 0. The zero-order valence-electron chi connectivity index (χ0n) is 13.9. The molecule has 0 atom stereocenters. The van der Waals surface area contributed by atoms with E-state index in [0.717, 1.165) is 17.5 Å². The summed E-state index contributed by atoms with van der Waals surface area (Å²) in [5.74, 6) is -0.325. The van der Waals surface area contributed by atoms with Crippen LogP contribution in [0.15, 0.2) is 48.5 Å². The molecule has 0 fully saturated rings. The van der Waals surface area contributed by atoms with Crippen LogP contribution in [0.5, 0.6) is 0 Å². The highest BCUT2D eigenvalue weighted by Crippen LogP contribution is 2.19. The molecule has 0 saturated heterocycles. The Bertz CT molecular complexity index is 755. The first-order valence-corrected chi connectivity index (χ1v) is 8.29. The van der Waals surface area contributed by atoms with Crippen molar-refractivity contribution in [1.29, 1.82) is 0 Å². The largest absolute Gasteiger partial charge is 0.352 e. The van der Waals surface area contributed by atoms with Gasteiger partial charge in [0.1, 0.15) is 6.42 Å². The second-order valence-electron chi connectivity index (χ2n) is 6.21. The topological polar surface area (TPSA) is 49.4 Å². The number of rotatable bonds is 4. The van der Waals surface area contributed by atoms with Gasteiger partial charge in [-0.05, 0) is 35.6 Å². The van der Waals surface area contributed by atoms with Crippen LogP contribution in [0.2, 0.25) is 0 Å². The molecular weight excluding hydrogens is 300 g/mol. The van der Waals surface area contributed by atoms with E-state index in [1.165, 1.54) is 11.1 Å². The standard InChI is InChI=1S/C20H22N2O2/c1-15-6-2-3-8-17(15)13-21-19(23)12-20(24)22-11-10-16-7-4-5-9-18(16)14-22/h2-9H,10-14H2,1H3,(H,21,23). The Labute approximate surface area is 142 Å². The summed E-state index contributed by atoms with van der Waals surface area (Å²) in [7, 11) is 0. The fraction of sp³-hybridized carbons (Fsp3) is 0.300. The van der Waals surface area contributed by atoms with Crippen molar-refractivity contribution in [3.05, 3.63) is 70.8 Å². The maximum atomic E-state index is 12.4. The van der Waals surface area contributed by atoms with Gasteiger partial charge in [-0.3, -0.25) is 9.59 Å². The van der Waals surface area contributed by atoms with Crippen molar-refractivity contribution in [2.75, 3.05) is 6.54 Å². The Kier molecular flexibility index (Phi) is 4.94. The van der Waals surface area contributed by atoms with Gasteiger partial charge in [-0.2, -0.15) is 0 Å². The van der Waals surface area contributed by atoms with Crippen molar-refractivity contribution in [2.24, 2.45) is 0 Å². The predicted octanol–water partition coefficient (Wildman–Crippen LogP) is 2.59. The summed E-state index contributed by atoms with van der Waals surface area (Å²) in [5.41, 5.74) is 4.69. The Morgan fingerprint density at radius 1 is 1.04 bits per heavy atom. The lowest BCUT2D eigenvalue weighted by molar-refractivity contribution is -0.136. The number of hydrogen-bond donors (Lipinski definition) is 1. The molecule has 4 nitrogen and oxygen atoms in total. The number of nitrogens with zero attached hydrogens (tertiary/aromatic N) is 1. The van der Waals surface area contributed by atoms with E-state index in [-0.39, 0.29) is 18.2 Å². The third kappa shape index (κ3) is 3.82. The average Bonchev–Trinajstić information content (AvgIpc) is 2.60. The van der Waals surface area contributed by atoms with E-state index in [9.17, 15) is 9.59 Å². The van der Waals surface area contributed by atoms with Crippen LogP contribution in [-0.4, -0.2) is 23.3 Å². The Morgan fingerprint density at radius 2 is 1.75 bits per heavy atom. The molecule has 2 aromatic carbocycles. The minimum Gasteiger partial charge on any atom is -0.352 e. The van der Waals surface area contributed by atoms with Crippen LogP contribution >= 0.6 is 0 Å². The number of nitrogens with one attached hydrogen (secondary N) is 1. The molecule has 0 aromatic heterocycles. The molecular formula is C20H22N2O2. The van der Waals surface area contributed by atoms with Gasteiger partial charge in [-0.15, -0.1) is 0 Å². The van der Waals surface area contributed by atoms with Crippen molar-refractivity contribution in [1.82, 2.24) is 10.2 Å². The summed E-state index contributed by atoms with van der Waals surface area (Å²) in [4.78, 5) is 26.2. The summed E-state index contributed by atoms with van der Waals surface area (Å²) in [6.07, 6.45) is 0.765. The van der Waals surface area contributed by atoms with Crippen LogP contribution in [0, 0.1) is 6.92 Å². The third-order valence-corrected chi connectivity index (χ3v) is 4.53. The number of benzene rings is 2. The molecule has 1 aliphatic rings. The molecule has 124 valence electrons. The molecule has 1 heterocycles. The molecule has 3 rings (SSSR count). The Balaban J connectivity index is 1.52. The van der Waals surface area contributed by atoms with Gasteiger partial charge in [-0.25, -0.2) is 0 Å². The first kappa shape index (κ1) is 16.2. The van der Waals surface area contributed by atoms with Gasteiger partial charge >= 0.3 is 0 Å². The molecule has 2 aromatic rings. The van der Waals surface area contributed by atoms with Crippen molar-refractivity contribution < 1.29 is 9.59 Å². The van der Waals surface area contributed by atoms with Gasteiger partial charge in [0.25, 0.3) is 0 Å². The van der Waals surface area contributed by atoms with Gasteiger partial charge in [0, 0.05) is 19.6 Å². The third-order valence-electron chi connectivity index (χ3n) is 4.53. The van der Waals surface area contributed by atoms with Crippen LogP contribution < -0.4 is 5.32 Å². The number of fused-ring (bicyclic) bond motifs is 1. The number of hydrogen-bond acceptors (Lipinski definition) is 2. The normalized spacial score (nSPS) is 13.3. The number of aryl methyl sites for hydroxylation is 1. The van der Waals surface area contributed by atoms with Crippen molar-refractivity contribution in [3.63, 3.8) is 0 Å². The molecule has 0 unspecified atom stereocenters. The van der Waals surface area contributed by atoms with Crippen molar-refractivity contribution >= 4 is 11.8 Å². The molecule has 0 saturated carbocycles. The van der Waals surface area contributed by atoms with Crippen LogP contribution in [0.1, 0.15) is 28.7 Å². The molecule has 0 bridgehead atoms. The predicted molar refractivity (Wildman–Crippen MR) is 93.2 cm³/mol. The highest BCUT2D eigenvalue weighted by Gasteiger charge is 2.22. The molecule has 24 heavy (non-hydrogen) atoms. The lowest BCUT2D eigenvalue weighted by atomic mass is 10.00. The SMILES string of the molecule is Cc1ccccc1CNC(=O)CC(=O)N1CCc2ccccc2C1. The van der Waals surface area contributed by atoms with Crippen molar-refractivity contribution in [3.8, 4) is 0 Å². The van der Waals surface area contributed by atoms with Gasteiger partial charge in [0.15, 0.2) is 0 Å². The Hall–Kier alpha value is -2.62.